The van der Waals surface area contributed by atoms with Crippen LogP contribution in [0.2, 0.25) is 0 Å². The summed E-state index contributed by atoms with van der Waals surface area (Å²) in [6.07, 6.45) is 3.18. The van der Waals surface area contributed by atoms with Crippen molar-refractivity contribution >= 4 is 16.6 Å². The lowest BCUT2D eigenvalue weighted by molar-refractivity contribution is 0.130. The molecule has 0 radical (unpaired) electrons. The van der Waals surface area contributed by atoms with E-state index in [1.165, 1.54) is 22.2 Å². The van der Waals surface area contributed by atoms with Gasteiger partial charge >= 0.3 is 0 Å². The molecule has 3 nitrogen and oxygen atoms in total. The van der Waals surface area contributed by atoms with E-state index in [-0.39, 0.29) is 0 Å². The number of aromatic amines is 1. The average Bonchev–Trinajstić information content (AvgIpc) is 2.95. The largest absolute Gasteiger partial charge is 0.391 e. The van der Waals surface area contributed by atoms with Crippen molar-refractivity contribution in [3.05, 3.63) is 71.4 Å². The molecule has 2 aromatic carbocycles. The highest BCUT2D eigenvalue weighted by atomic mass is 16.6. The molecule has 3 aromatic rings. The second kappa shape index (κ2) is 5.68. The third kappa shape index (κ3) is 2.39. The number of H-pyrrole nitrogens is 1. The Labute approximate surface area is 129 Å². The number of para-hydroxylation sites is 1. The second-order valence-electron chi connectivity index (χ2n) is 5.67. The number of aromatic nitrogens is 1. The van der Waals surface area contributed by atoms with Gasteiger partial charge in [-0.3, -0.25) is 0 Å². The van der Waals surface area contributed by atoms with Gasteiger partial charge in [-0.2, -0.15) is 0 Å². The van der Waals surface area contributed by atoms with Crippen molar-refractivity contribution in [2.24, 2.45) is 5.16 Å². The summed E-state index contributed by atoms with van der Waals surface area (Å²) in [4.78, 5) is 9.13. The minimum Gasteiger partial charge on any atom is -0.391 e. The monoisotopic (exact) mass is 290 g/mol. The summed E-state index contributed by atoms with van der Waals surface area (Å²) in [5, 5.41) is 5.69. The smallest absolute Gasteiger partial charge is 0.142 e. The Kier molecular flexibility index (Phi) is 3.39. The lowest BCUT2D eigenvalue weighted by Gasteiger charge is -2.14. The van der Waals surface area contributed by atoms with E-state index in [4.69, 9.17) is 4.84 Å². The van der Waals surface area contributed by atoms with Crippen LogP contribution in [0.3, 0.4) is 0 Å². The van der Waals surface area contributed by atoms with Gasteiger partial charge in [-0.1, -0.05) is 53.7 Å². The van der Waals surface area contributed by atoms with Crippen molar-refractivity contribution in [1.82, 2.24) is 4.98 Å². The zero-order valence-electron chi connectivity index (χ0n) is 12.4. The van der Waals surface area contributed by atoms with E-state index in [1.807, 2.05) is 18.2 Å². The van der Waals surface area contributed by atoms with Crippen molar-refractivity contribution in [3.63, 3.8) is 0 Å². The highest BCUT2D eigenvalue weighted by Crippen LogP contribution is 2.29. The summed E-state index contributed by atoms with van der Waals surface area (Å²) in [6.45, 7) is 0.516. The number of rotatable bonds is 3. The molecule has 0 saturated heterocycles. The van der Waals surface area contributed by atoms with E-state index < -0.39 is 0 Å². The Morgan fingerprint density at radius 1 is 0.955 bits per heavy atom. The van der Waals surface area contributed by atoms with Crippen LogP contribution in [-0.2, 0) is 17.9 Å². The highest BCUT2D eigenvalue weighted by molar-refractivity contribution is 6.12. The number of benzene rings is 2. The van der Waals surface area contributed by atoms with Crippen LogP contribution < -0.4 is 0 Å². The number of fused-ring (bicyclic) bond motifs is 3. The predicted octanol–water partition coefficient (Wildman–Crippen LogP) is 4.43. The Morgan fingerprint density at radius 3 is 2.68 bits per heavy atom. The maximum Gasteiger partial charge on any atom is 0.142 e. The molecule has 1 heterocycles. The topological polar surface area (TPSA) is 37.4 Å². The highest BCUT2D eigenvalue weighted by Gasteiger charge is 2.21. The fourth-order valence-corrected chi connectivity index (χ4v) is 3.12. The molecule has 0 aliphatic heterocycles. The third-order valence-corrected chi connectivity index (χ3v) is 4.16. The van der Waals surface area contributed by atoms with Crippen molar-refractivity contribution in [1.29, 1.82) is 0 Å². The zero-order chi connectivity index (χ0) is 14.8. The van der Waals surface area contributed by atoms with Crippen LogP contribution in [-0.4, -0.2) is 10.7 Å². The van der Waals surface area contributed by atoms with Crippen molar-refractivity contribution in [2.75, 3.05) is 0 Å². The van der Waals surface area contributed by atoms with Crippen LogP contribution in [0.1, 0.15) is 29.7 Å². The molecule has 0 spiro atoms. The Morgan fingerprint density at radius 2 is 1.77 bits per heavy atom. The third-order valence-electron chi connectivity index (χ3n) is 4.16. The summed E-state index contributed by atoms with van der Waals surface area (Å²) < 4.78 is 0. The molecule has 22 heavy (non-hydrogen) atoms. The fourth-order valence-electron chi connectivity index (χ4n) is 3.12. The van der Waals surface area contributed by atoms with Crippen LogP contribution in [0.5, 0.6) is 0 Å². The minimum atomic E-state index is 0.516. The van der Waals surface area contributed by atoms with Gasteiger partial charge in [-0.05, 0) is 30.9 Å². The number of oxime groups is 1. The van der Waals surface area contributed by atoms with Crippen LogP contribution >= 0.6 is 0 Å². The maximum absolute atomic E-state index is 5.61. The summed E-state index contributed by atoms with van der Waals surface area (Å²) in [5.41, 5.74) is 5.92. The van der Waals surface area contributed by atoms with Crippen LogP contribution in [0.25, 0.3) is 10.9 Å². The maximum atomic E-state index is 5.61. The molecule has 4 rings (SSSR count). The molecule has 1 aliphatic carbocycles. The van der Waals surface area contributed by atoms with Gasteiger partial charge in [0.15, 0.2) is 0 Å². The number of nitrogens with one attached hydrogen (secondary N) is 1. The van der Waals surface area contributed by atoms with E-state index >= 15 is 0 Å². The van der Waals surface area contributed by atoms with Gasteiger partial charge in [-0.15, -0.1) is 0 Å². The normalized spacial score (nSPS) is 15.9. The molecule has 0 fully saturated rings. The molecule has 1 aliphatic rings. The first-order chi connectivity index (χ1) is 10.9. The summed E-state index contributed by atoms with van der Waals surface area (Å²) in [7, 11) is 0. The van der Waals surface area contributed by atoms with Crippen molar-refractivity contribution in [3.8, 4) is 0 Å². The molecule has 0 saturated carbocycles. The quantitative estimate of drug-likeness (QED) is 0.712. The molecule has 0 amide bonds. The zero-order valence-corrected chi connectivity index (χ0v) is 12.4. The van der Waals surface area contributed by atoms with E-state index in [9.17, 15) is 0 Å². The van der Waals surface area contributed by atoms with Crippen LogP contribution in [0.4, 0.5) is 0 Å². The Hall–Kier alpha value is -2.55. The van der Waals surface area contributed by atoms with Gasteiger partial charge in [0, 0.05) is 22.2 Å². The predicted molar refractivity (Wildman–Crippen MR) is 89.0 cm³/mol. The summed E-state index contributed by atoms with van der Waals surface area (Å²) in [5.74, 6) is 0. The Bertz CT molecular complexity index is 818. The summed E-state index contributed by atoms with van der Waals surface area (Å²) in [6, 6.07) is 18.6. The van der Waals surface area contributed by atoms with Gasteiger partial charge in [0.2, 0.25) is 0 Å². The van der Waals surface area contributed by atoms with E-state index in [1.54, 1.807) is 0 Å². The number of hydrogen-bond acceptors (Lipinski definition) is 2. The Balaban J connectivity index is 1.63. The SMILES string of the molecule is c1ccc(CON=C2CCCc3[nH]c4ccccc4c32)cc1. The molecule has 1 N–H and O–H groups in total. The molecule has 0 unspecified atom stereocenters. The minimum absolute atomic E-state index is 0.516. The number of aryl methyl sites for hydroxylation is 1. The van der Waals surface area contributed by atoms with Crippen molar-refractivity contribution < 1.29 is 4.84 Å². The van der Waals surface area contributed by atoms with Crippen LogP contribution in [0, 0.1) is 0 Å². The number of nitrogens with zero attached hydrogens (tertiary/aromatic N) is 1. The molecular formula is C19H18N2O. The average molecular weight is 290 g/mol. The lowest BCUT2D eigenvalue weighted by Crippen LogP contribution is -2.11. The second-order valence-corrected chi connectivity index (χ2v) is 5.67. The van der Waals surface area contributed by atoms with Gasteiger partial charge in [-0.25, -0.2) is 0 Å². The molecule has 110 valence electrons. The van der Waals surface area contributed by atoms with Gasteiger partial charge in [0.05, 0.1) is 5.71 Å². The standard InChI is InChI=1S/C19H18N2O/c1-2-7-14(8-3-1)13-22-21-18-12-6-11-17-19(18)15-9-4-5-10-16(15)20-17/h1-5,7-10,20H,6,11-13H2. The van der Waals surface area contributed by atoms with Gasteiger partial charge < -0.3 is 9.82 Å². The van der Waals surface area contributed by atoms with E-state index in [2.05, 4.69) is 46.5 Å². The summed E-state index contributed by atoms with van der Waals surface area (Å²) >= 11 is 0. The first-order valence-electron chi connectivity index (χ1n) is 7.74. The molecule has 1 aromatic heterocycles. The first kappa shape index (κ1) is 13.1. The molecule has 0 atom stereocenters. The number of hydrogen-bond donors (Lipinski definition) is 1. The molecule has 3 heteroatoms. The van der Waals surface area contributed by atoms with Crippen molar-refractivity contribution in [2.45, 2.75) is 25.9 Å². The van der Waals surface area contributed by atoms with Crippen LogP contribution in [0.15, 0.2) is 59.8 Å². The molecule has 0 bridgehead atoms. The van der Waals surface area contributed by atoms with Gasteiger partial charge in [0.25, 0.3) is 0 Å². The van der Waals surface area contributed by atoms with E-state index in [0.29, 0.717) is 6.61 Å². The first-order valence-corrected chi connectivity index (χ1v) is 7.74. The fraction of sp³-hybridized carbons (Fsp3) is 0.211. The lowest BCUT2D eigenvalue weighted by atomic mass is 9.94. The van der Waals surface area contributed by atoms with E-state index in [0.717, 1.165) is 30.5 Å². The molecular weight excluding hydrogens is 272 g/mol. The van der Waals surface area contributed by atoms with Gasteiger partial charge in [0.1, 0.15) is 6.61 Å².